The lowest BCUT2D eigenvalue weighted by molar-refractivity contribution is 0.0175. The molecule has 2 atom stereocenters. The Morgan fingerprint density at radius 1 is 1.03 bits per heavy atom. The zero-order chi connectivity index (χ0) is 25.8. The summed E-state index contributed by atoms with van der Waals surface area (Å²) in [5.74, 6) is 2.25. The first-order valence-electron chi connectivity index (χ1n) is 12.5. The van der Waals surface area contributed by atoms with Crippen LogP contribution in [0, 0.1) is 6.92 Å². The molecule has 7 heteroatoms. The van der Waals surface area contributed by atoms with Crippen LogP contribution in [-0.4, -0.2) is 52.4 Å². The first-order valence-corrected chi connectivity index (χ1v) is 12.5. The second-order valence-corrected chi connectivity index (χ2v) is 10.8. The summed E-state index contributed by atoms with van der Waals surface area (Å²) in [4.78, 5) is 19.8. The Kier molecular flexibility index (Phi) is 5.97. The van der Waals surface area contributed by atoms with Gasteiger partial charge in [0, 0.05) is 18.7 Å². The fourth-order valence-corrected chi connectivity index (χ4v) is 5.52. The number of ether oxygens (including phenoxy) is 3. The number of imidazole rings is 1. The summed E-state index contributed by atoms with van der Waals surface area (Å²) in [5.41, 5.74) is 6.17. The Balaban J connectivity index is 1.50. The first kappa shape index (κ1) is 24.2. The average molecular weight is 490 g/mol. The molecule has 0 aliphatic carbocycles. The minimum Gasteiger partial charge on any atom is -0.493 e. The molecule has 5 rings (SSSR count). The standard InChI is InChI=1S/C29H35N3O4/c1-17-12-19(20-13-21-9-10-22(14-20)32(21)28(33)36-29(2,3)4)15-23-26(17)30-27(31(23)5)18-8-11-24(34-6)25(16-18)35-7/h8,11-13,15-16,21-22H,9-10,14H2,1-7H3. The van der Waals surface area contributed by atoms with Crippen LogP contribution in [0.25, 0.3) is 28.0 Å². The summed E-state index contributed by atoms with van der Waals surface area (Å²) in [6.07, 6.45) is 4.87. The third-order valence-electron chi connectivity index (χ3n) is 7.19. The molecular formula is C29H35N3O4. The van der Waals surface area contributed by atoms with Gasteiger partial charge in [-0.15, -0.1) is 0 Å². The zero-order valence-electron chi connectivity index (χ0n) is 22.2. The maximum Gasteiger partial charge on any atom is 0.411 e. The second-order valence-electron chi connectivity index (χ2n) is 10.8. The van der Waals surface area contributed by atoms with E-state index in [2.05, 4.69) is 29.7 Å². The van der Waals surface area contributed by atoms with Crippen LogP contribution >= 0.6 is 0 Å². The van der Waals surface area contributed by atoms with Gasteiger partial charge in [-0.3, -0.25) is 4.90 Å². The highest BCUT2D eigenvalue weighted by Crippen LogP contribution is 2.41. The summed E-state index contributed by atoms with van der Waals surface area (Å²) in [6, 6.07) is 10.6. The molecule has 2 unspecified atom stereocenters. The van der Waals surface area contributed by atoms with E-state index in [1.54, 1.807) is 14.2 Å². The zero-order valence-corrected chi connectivity index (χ0v) is 22.2. The lowest BCUT2D eigenvalue weighted by atomic mass is 9.93. The van der Waals surface area contributed by atoms with E-state index in [4.69, 9.17) is 19.2 Å². The van der Waals surface area contributed by atoms with Crippen molar-refractivity contribution in [3.63, 3.8) is 0 Å². The highest BCUT2D eigenvalue weighted by atomic mass is 16.6. The van der Waals surface area contributed by atoms with E-state index in [0.29, 0.717) is 11.5 Å². The van der Waals surface area contributed by atoms with Gasteiger partial charge in [0.1, 0.15) is 11.4 Å². The Bertz CT molecular complexity index is 1370. The average Bonchev–Trinajstić information content (AvgIpc) is 3.31. The predicted molar refractivity (Wildman–Crippen MR) is 141 cm³/mol. The van der Waals surface area contributed by atoms with Crippen LogP contribution in [0.15, 0.2) is 36.4 Å². The molecule has 1 fully saturated rings. The number of fused-ring (bicyclic) bond motifs is 3. The third kappa shape index (κ3) is 4.21. The lowest BCUT2D eigenvalue weighted by Gasteiger charge is -2.35. The maximum atomic E-state index is 12.9. The Morgan fingerprint density at radius 3 is 2.44 bits per heavy atom. The van der Waals surface area contributed by atoms with Gasteiger partial charge in [0.2, 0.25) is 0 Å². The van der Waals surface area contributed by atoms with Crippen molar-refractivity contribution < 1.29 is 19.0 Å². The topological polar surface area (TPSA) is 65.8 Å². The van der Waals surface area contributed by atoms with E-state index < -0.39 is 5.60 Å². The van der Waals surface area contributed by atoms with Gasteiger partial charge < -0.3 is 18.8 Å². The minimum atomic E-state index is -0.492. The van der Waals surface area contributed by atoms with Gasteiger partial charge >= 0.3 is 6.09 Å². The van der Waals surface area contributed by atoms with Crippen LogP contribution < -0.4 is 9.47 Å². The number of hydrogen-bond acceptors (Lipinski definition) is 5. The molecule has 36 heavy (non-hydrogen) atoms. The smallest absolute Gasteiger partial charge is 0.411 e. The van der Waals surface area contributed by atoms with E-state index in [1.165, 1.54) is 11.1 Å². The molecule has 0 saturated carbocycles. The van der Waals surface area contributed by atoms with Gasteiger partial charge in [-0.25, -0.2) is 9.78 Å². The van der Waals surface area contributed by atoms with E-state index in [-0.39, 0.29) is 18.2 Å². The number of rotatable bonds is 4. The number of benzene rings is 2. The third-order valence-corrected chi connectivity index (χ3v) is 7.19. The fraction of sp³-hybridized carbons (Fsp3) is 0.448. The van der Waals surface area contributed by atoms with Crippen molar-refractivity contribution in [2.24, 2.45) is 7.05 Å². The summed E-state index contributed by atoms with van der Waals surface area (Å²) in [7, 11) is 5.33. The van der Waals surface area contributed by atoms with Crippen molar-refractivity contribution >= 4 is 22.7 Å². The van der Waals surface area contributed by atoms with Gasteiger partial charge in [-0.1, -0.05) is 6.08 Å². The molecular weight excluding hydrogens is 454 g/mol. The number of carbonyl (C=O) groups excluding carboxylic acids is 1. The normalized spacial score (nSPS) is 19.4. The molecule has 0 radical (unpaired) electrons. The number of aryl methyl sites for hydroxylation is 2. The molecule has 1 saturated heterocycles. The van der Waals surface area contributed by atoms with Crippen LogP contribution in [0.3, 0.4) is 0 Å². The molecule has 0 N–H and O–H groups in total. The van der Waals surface area contributed by atoms with E-state index in [9.17, 15) is 4.79 Å². The monoisotopic (exact) mass is 489 g/mol. The van der Waals surface area contributed by atoms with Gasteiger partial charge in [0.15, 0.2) is 11.5 Å². The molecule has 2 aromatic carbocycles. The van der Waals surface area contributed by atoms with Crippen molar-refractivity contribution in [1.82, 2.24) is 14.5 Å². The molecule has 3 heterocycles. The summed E-state index contributed by atoms with van der Waals surface area (Å²) in [5, 5.41) is 0. The number of hydrogen-bond donors (Lipinski definition) is 0. The van der Waals surface area contributed by atoms with Crippen LogP contribution in [0.4, 0.5) is 4.79 Å². The summed E-state index contributed by atoms with van der Waals surface area (Å²) < 4.78 is 18.7. The quantitative estimate of drug-likeness (QED) is 0.442. The summed E-state index contributed by atoms with van der Waals surface area (Å²) >= 11 is 0. The molecule has 190 valence electrons. The van der Waals surface area contributed by atoms with Crippen molar-refractivity contribution in [1.29, 1.82) is 0 Å². The maximum absolute atomic E-state index is 12.9. The molecule has 1 aromatic heterocycles. The van der Waals surface area contributed by atoms with Crippen molar-refractivity contribution in [3.05, 3.63) is 47.5 Å². The van der Waals surface area contributed by atoms with Gasteiger partial charge in [0.25, 0.3) is 0 Å². The number of aromatic nitrogens is 2. The summed E-state index contributed by atoms with van der Waals surface area (Å²) in [6.45, 7) is 7.86. The van der Waals surface area contributed by atoms with E-state index in [1.807, 2.05) is 50.9 Å². The Labute approximate surface area is 212 Å². The molecule has 7 nitrogen and oxygen atoms in total. The SMILES string of the molecule is COc1ccc(-c2nc3c(C)cc(C4=CC5CCC(C4)N5C(=O)OC(C)(C)C)cc3n2C)cc1OC. The van der Waals surface area contributed by atoms with Crippen LogP contribution in [0.5, 0.6) is 11.5 Å². The lowest BCUT2D eigenvalue weighted by Crippen LogP contribution is -2.45. The molecule has 0 spiro atoms. The molecule has 2 bridgehead atoms. The number of methoxy groups -OCH3 is 2. The molecule has 3 aromatic rings. The van der Waals surface area contributed by atoms with E-state index in [0.717, 1.165) is 47.2 Å². The first-order chi connectivity index (χ1) is 17.1. The van der Waals surface area contributed by atoms with Gasteiger partial charge in [0.05, 0.1) is 31.3 Å². The minimum absolute atomic E-state index is 0.0819. The number of amides is 1. The van der Waals surface area contributed by atoms with Crippen LogP contribution in [-0.2, 0) is 11.8 Å². The van der Waals surface area contributed by atoms with Crippen LogP contribution in [0.2, 0.25) is 0 Å². The largest absolute Gasteiger partial charge is 0.493 e. The second kappa shape index (κ2) is 8.87. The van der Waals surface area contributed by atoms with Gasteiger partial charge in [-0.2, -0.15) is 0 Å². The van der Waals surface area contributed by atoms with Crippen molar-refractivity contribution in [2.75, 3.05) is 14.2 Å². The molecule has 2 aliphatic rings. The highest BCUT2D eigenvalue weighted by molar-refractivity contribution is 5.88. The van der Waals surface area contributed by atoms with Crippen molar-refractivity contribution in [3.8, 4) is 22.9 Å². The molecule has 1 amide bonds. The van der Waals surface area contributed by atoms with Gasteiger partial charge in [-0.05, 0) is 94.0 Å². The van der Waals surface area contributed by atoms with E-state index >= 15 is 0 Å². The Morgan fingerprint density at radius 2 is 1.78 bits per heavy atom. The highest BCUT2D eigenvalue weighted by Gasteiger charge is 2.41. The molecule has 2 aliphatic heterocycles. The number of carbonyl (C=O) groups is 1. The Hall–Kier alpha value is -3.48. The van der Waals surface area contributed by atoms with Crippen LogP contribution in [0.1, 0.15) is 51.2 Å². The number of nitrogens with zero attached hydrogens (tertiary/aromatic N) is 3. The predicted octanol–water partition coefficient (Wildman–Crippen LogP) is 6.12. The fourth-order valence-electron chi connectivity index (χ4n) is 5.52. The van der Waals surface area contributed by atoms with Crippen molar-refractivity contribution in [2.45, 2.75) is 64.6 Å².